The number of aliphatic hydroxyl groups excluding tert-OH is 1. The van der Waals surface area contributed by atoms with E-state index in [4.69, 9.17) is 18.9 Å². The molecule has 4 saturated heterocycles. The van der Waals surface area contributed by atoms with Gasteiger partial charge in [0.2, 0.25) is 6.41 Å². The number of hydrogen-bond acceptors (Lipinski definition) is 21. The second kappa shape index (κ2) is 94.9. The number of likely N-dealkylation sites (tertiary alicyclic amines) is 4. The van der Waals surface area contributed by atoms with Crippen LogP contribution in [0.1, 0.15) is 241 Å². The molecule has 7 rings (SSSR count). The molecule has 6 heterocycles. The van der Waals surface area contributed by atoms with Crippen LogP contribution in [0.3, 0.4) is 0 Å². The van der Waals surface area contributed by atoms with Crippen LogP contribution in [0.25, 0.3) is 11.0 Å². The number of aryl methyl sites for hydroxylation is 1. The number of aromatic amines is 1. The predicted molar refractivity (Wildman–Crippen MR) is 530 cm³/mol. The third-order valence-corrected chi connectivity index (χ3v) is 24.2. The molecule has 118 heavy (non-hydrogen) atoms. The zero-order valence-electron chi connectivity index (χ0n) is 73.4. The molecule has 0 saturated carbocycles. The first-order valence-electron chi connectivity index (χ1n) is 43.0. The van der Waals surface area contributed by atoms with E-state index in [-0.39, 0.29) is 62.9 Å². The van der Waals surface area contributed by atoms with E-state index in [1.54, 1.807) is 25.3 Å². The average Bonchev–Trinajstić information content (AvgIpc) is 1.68. The number of H-pyrrole nitrogens is 1. The topological polar surface area (TPSA) is 183 Å². The zero-order chi connectivity index (χ0) is 82.2. The van der Waals surface area contributed by atoms with Crippen molar-refractivity contribution in [2.24, 2.45) is 18.9 Å². The van der Waals surface area contributed by atoms with Gasteiger partial charge >= 0.3 is 21.8 Å². The first-order chi connectivity index (χ1) is 53.9. The number of rotatable bonds is 49. The fourth-order valence-corrected chi connectivity index (χ4v) is 16.0. The summed E-state index contributed by atoms with van der Waals surface area (Å²) in [5.41, 5.74) is 2.08. The Morgan fingerprint density at radius 3 is 1.62 bits per heavy atom. The summed E-state index contributed by atoms with van der Waals surface area (Å²) in [6.45, 7) is 55.3. The van der Waals surface area contributed by atoms with E-state index < -0.39 is 6.10 Å². The number of pyridine rings is 1. The minimum atomic E-state index is -0.417. The van der Waals surface area contributed by atoms with Crippen LogP contribution in [0.5, 0.6) is 0 Å². The van der Waals surface area contributed by atoms with E-state index in [2.05, 4.69) is 185 Å². The number of carbonyl (C=O) groups excluding carboxylic acids is 2. The Kier molecular flexibility index (Phi) is 106. The summed E-state index contributed by atoms with van der Waals surface area (Å²) in [5, 5.41) is 25.8. The van der Waals surface area contributed by atoms with Gasteiger partial charge in [0, 0.05) is 130 Å². The van der Waals surface area contributed by atoms with Crippen molar-refractivity contribution in [3.63, 3.8) is 0 Å². The molecule has 2 aromatic heterocycles. The van der Waals surface area contributed by atoms with Crippen LogP contribution in [0.15, 0.2) is 48.8 Å². The third kappa shape index (κ3) is 76.1. The van der Waals surface area contributed by atoms with Gasteiger partial charge in [-0.2, -0.15) is 76.0 Å². The van der Waals surface area contributed by atoms with Crippen LogP contribution in [-0.2, 0) is 30.8 Å². The first kappa shape index (κ1) is 132. The smallest absolute Gasteiger partial charge is 0.168 e. The molecule has 1 radical (unpaired) electrons. The van der Waals surface area contributed by atoms with E-state index in [0.717, 1.165) is 102 Å². The van der Waals surface area contributed by atoms with Crippen molar-refractivity contribution in [2.75, 3.05) is 224 Å². The Morgan fingerprint density at radius 2 is 1.11 bits per heavy atom. The summed E-state index contributed by atoms with van der Waals surface area (Å²) in [7, 11) is 3.77. The number of benzene rings is 1. The van der Waals surface area contributed by atoms with Gasteiger partial charge in [-0.25, -0.2) is 4.57 Å². The predicted octanol–water partition coefficient (Wildman–Crippen LogP) is 14.4. The SMILES string of the molecule is C.C.C.C.C.C.CC(CN1CCCCC1)OCC(C)C(C)COCC(C)N1CCCCC1.CC(S)CCCN1CCCCC1.CCCN(CCC)CCSCCSCCNC=O.CCN(CC)CCNC(=O)c1ccc2n[nH]nc2c1.CCN(CC)CCSCC(C)OC.C[Se].C[n+]1ccccc1.OC(CS)COCCN1CCCCC1.[Cl-]. The van der Waals surface area contributed by atoms with E-state index in [1.807, 2.05) is 83.3 Å². The maximum Gasteiger partial charge on any atom is 0.168 e. The number of nitrogens with zero attached hydrogens (tertiary/aromatic N) is 10. The summed E-state index contributed by atoms with van der Waals surface area (Å²) in [6.07, 6.45) is 26.7. The number of amides is 2. The summed E-state index contributed by atoms with van der Waals surface area (Å²) < 4.78 is 24.7. The number of aromatic nitrogens is 4. The Labute approximate surface area is 768 Å². The number of piperidine rings is 4. The molecule has 7 unspecified atom stereocenters. The van der Waals surface area contributed by atoms with Gasteiger partial charge in [0.05, 0.1) is 38.1 Å². The summed E-state index contributed by atoms with van der Waals surface area (Å²) in [5.74, 6) is 10.4. The van der Waals surface area contributed by atoms with Crippen LogP contribution in [0.2, 0.25) is 5.82 Å². The number of halogens is 1. The number of ether oxygens (including phenoxy) is 4. The van der Waals surface area contributed by atoms with E-state index in [1.165, 1.54) is 211 Å². The van der Waals surface area contributed by atoms with Gasteiger partial charge in [-0.15, -0.1) is 0 Å². The molecular formula is C91H191ClN13O7S5Se. The van der Waals surface area contributed by atoms with Crippen LogP contribution in [0, 0.1) is 11.8 Å². The maximum atomic E-state index is 12.0. The van der Waals surface area contributed by atoms with Gasteiger partial charge in [0.1, 0.15) is 18.1 Å². The Bertz CT molecular complexity index is 2460. The number of likely N-dealkylation sites (N-methyl/N-ethyl adjacent to an activating group) is 1. The fourth-order valence-electron chi connectivity index (χ4n) is 12.7. The summed E-state index contributed by atoms with van der Waals surface area (Å²) >= 11 is 16.9. The molecule has 20 nitrogen and oxygen atoms in total. The molecule has 7 atom stereocenters. The monoisotopic (exact) mass is 1850 g/mol. The molecule has 4 fully saturated rings. The molecular weight excluding hydrogens is 1660 g/mol. The average molecular weight is 1850 g/mol. The third-order valence-electron chi connectivity index (χ3n) is 20.1. The van der Waals surface area contributed by atoms with E-state index in [0.29, 0.717) is 65.3 Å². The van der Waals surface area contributed by atoms with E-state index >= 15 is 0 Å². The van der Waals surface area contributed by atoms with Crippen LogP contribution in [-0.4, -0.2) is 337 Å². The summed E-state index contributed by atoms with van der Waals surface area (Å²) in [4.78, 5) is 39.5. The van der Waals surface area contributed by atoms with Gasteiger partial charge in [0.25, 0.3) is 5.91 Å². The second-order valence-electron chi connectivity index (χ2n) is 29.8. The van der Waals surface area contributed by atoms with Crippen molar-refractivity contribution in [2.45, 2.75) is 266 Å². The Morgan fingerprint density at radius 1 is 0.610 bits per heavy atom. The number of thiol groups is 2. The van der Waals surface area contributed by atoms with Crippen molar-refractivity contribution in [1.82, 2.24) is 60.3 Å². The number of fused-ring (bicyclic) bond motifs is 1. The molecule has 4 aliphatic rings. The first-order valence-corrected chi connectivity index (χ1v) is 49.4. The largest absolute Gasteiger partial charge is 1.00 e. The number of methoxy groups -OCH3 is 1. The fraction of sp³-hybridized carbons (Fsp3) is 0.857. The van der Waals surface area contributed by atoms with E-state index in [9.17, 15) is 14.7 Å². The molecule has 1 aromatic carbocycles. The van der Waals surface area contributed by atoms with Crippen molar-refractivity contribution in [1.29, 1.82) is 0 Å². The molecule has 4 aliphatic heterocycles. The van der Waals surface area contributed by atoms with Crippen molar-refractivity contribution >= 4 is 99.9 Å². The minimum Gasteiger partial charge on any atom is -1.00 e. The number of nitrogens with one attached hydrogen (secondary N) is 3. The van der Waals surface area contributed by atoms with Crippen molar-refractivity contribution < 1.29 is 50.6 Å². The number of thioether (sulfide) groups is 3. The number of hydrogen-bond donors (Lipinski definition) is 6. The standard InChI is InChI=1S/C22H44N2O2.C13H19N5O.C13H28N2OS2.C10H21NO2S.C10H23NOS.C10H21NS.C6H8N.CH3Se.6CH4.ClH/c1-19(16-25-18-21(3)24-13-9-6-10-14-24)20(2)17-26-22(4)15-23-11-7-5-8-12-23;1-3-18(4-2)8-7-14-13(19)10-5-6-11-12(9-10)16-17-15-11;1-3-6-15(7-4-2)8-10-18-12-11-17-9-5-14-13-16;12-10(9-14)8-13-7-6-11-4-2-1-3-5-11;1-5-11(6-2)7-8-13-9-10(3)12-4;1-10(12)6-5-9-11-7-3-2-4-8-11;1-7-5-3-2-4-6-7;1-2;;;;;;;/h19-22H,5-18H2,1-4H3;5-6,9H,3-4,7-8H2,1-2H3,(H,14,19)(H,15,16,17);13H,3-12H2,1-2H3,(H,14,16);10,12,14H,1-9H2;10H,5-9H2,1-4H3;10,12H,2-9H2,1H3;2-6H,1H3;1H3;6*1H4;1H/q;;;;;;+1;;;;;;;;/p-1. The molecule has 0 bridgehead atoms. The minimum absolute atomic E-state index is 0. The van der Waals surface area contributed by atoms with Crippen LogP contribution in [0.4, 0.5) is 0 Å². The van der Waals surface area contributed by atoms with Gasteiger partial charge in [-0.05, 0) is 231 Å². The normalized spacial score (nSPS) is 15.8. The molecule has 0 spiro atoms. The quantitative estimate of drug-likeness (QED) is 0.0103. The number of carbonyl (C=O) groups is 2. The molecule has 3 aromatic rings. The molecule has 705 valence electrons. The molecule has 2 amide bonds. The number of aliphatic hydroxyl groups is 1. The molecule has 0 aliphatic carbocycles. The summed E-state index contributed by atoms with van der Waals surface area (Å²) in [6, 6.07) is 11.8. The zero-order valence-corrected chi connectivity index (χ0v) is 80.1. The van der Waals surface area contributed by atoms with Crippen LogP contribution < -0.4 is 27.6 Å². The molecule has 4 N–H and O–H groups in total. The van der Waals surface area contributed by atoms with Gasteiger partial charge in [0.15, 0.2) is 12.4 Å². The van der Waals surface area contributed by atoms with Gasteiger partial charge in [-0.1, -0.05) is 139 Å². The Balaban J connectivity index is -0.000000202. The van der Waals surface area contributed by atoms with Crippen molar-refractivity contribution in [3.05, 3.63) is 54.4 Å². The van der Waals surface area contributed by atoms with Gasteiger partial charge in [-0.3, -0.25) is 14.5 Å². The maximum absolute atomic E-state index is 12.0. The van der Waals surface area contributed by atoms with Crippen molar-refractivity contribution in [3.8, 4) is 0 Å². The Hall–Kier alpha value is -1.21. The second-order valence-corrected chi connectivity index (χ2v) is 34.6. The van der Waals surface area contributed by atoms with Gasteiger partial charge < -0.3 is 76.5 Å². The van der Waals surface area contributed by atoms with Crippen LogP contribution >= 0.6 is 60.5 Å². The molecule has 27 heteroatoms.